The van der Waals surface area contributed by atoms with Crippen LogP contribution in [0.15, 0.2) is 63.9 Å². The van der Waals surface area contributed by atoms with Gasteiger partial charge in [-0.05, 0) is 29.8 Å². The van der Waals surface area contributed by atoms with Gasteiger partial charge in [-0.25, -0.2) is 9.37 Å². The van der Waals surface area contributed by atoms with Gasteiger partial charge in [-0.1, -0.05) is 45.0 Å². The first-order chi connectivity index (χ1) is 13.3. The molecular formula is C22H20FN3O2. The molecule has 2 aromatic carbocycles. The van der Waals surface area contributed by atoms with E-state index in [1.165, 1.54) is 12.1 Å². The SMILES string of the molecule is CC(C)(C)c1cnc(-c2nn(Cc3ccc(F)cc3)c3ccccc3c2=O)o1. The summed E-state index contributed by atoms with van der Waals surface area (Å²) in [6.07, 6.45) is 1.63. The van der Waals surface area contributed by atoms with E-state index in [1.54, 1.807) is 29.1 Å². The third kappa shape index (κ3) is 3.33. The lowest BCUT2D eigenvalue weighted by molar-refractivity contribution is 0.414. The number of para-hydroxylation sites is 1. The van der Waals surface area contributed by atoms with Crippen molar-refractivity contribution < 1.29 is 8.81 Å². The number of aromatic nitrogens is 3. The summed E-state index contributed by atoms with van der Waals surface area (Å²) in [5.74, 6) is 0.590. The van der Waals surface area contributed by atoms with Gasteiger partial charge in [0.2, 0.25) is 5.43 Å². The topological polar surface area (TPSA) is 60.9 Å². The monoisotopic (exact) mass is 377 g/mol. The zero-order valence-corrected chi connectivity index (χ0v) is 15.9. The molecule has 0 atom stereocenters. The summed E-state index contributed by atoms with van der Waals surface area (Å²) in [5.41, 5.74) is 1.28. The summed E-state index contributed by atoms with van der Waals surface area (Å²) in [6, 6.07) is 13.5. The molecule has 0 N–H and O–H groups in total. The molecule has 2 aromatic heterocycles. The van der Waals surface area contributed by atoms with Crippen LogP contribution in [0.5, 0.6) is 0 Å². The second kappa shape index (κ2) is 6.71. The van der Waals surface area contributed by atoms with Crippen molar-refractivity contribution in [3.63, 3.8) is 0 Å². The van der Waals surface area contributed by atoms with E-state index in [0.29, 0.717) is 23.2 Å². The van der Waals surface area contributed by atoms with Gasteiger partial charge in [-0.3, -0.25) is 9.48 Å². The molecule has 0 bridgehead atoms. The highest BCUT2D eigenvalue weighted by Gasteiger charge is 2.22. The fraction of sp³-hybridized carbons (Fsp3) is 0.227. The smallest absolute Gasteiger partial charge is 0.251 e. The second-order valence-corrected chi connectivity index (χ2v) is 7.76. The van der Waals surface area contributed by atoms with Gasteiger partial charge < -0.3 is 4.42 Å². The van der Waals surface area contributed by atoms with Crippen LogP contribution < -0.4 is 5.43 Å². The van der Waals surface area contributed by atoms with Crippen molar-refractivity contribution in [2.24, 2.45) is 0 Å². The van der Waals surface area contributed by atoms with Crippen molar-refractivity contribution in [2.45, 2.75) is 32.7 Å². The van der Waals surface area contributed by atoms with Crippen LogP contribution >= 0.6 is 0 Å². The van der Waals surface area contributed by atoms with Crippen LogP contribution in [-0.2, 0) is 12.0 Å². The van der Waals surface area contributed by atoms with E-state index in [9.17, 15) is 9.18 Å². The summed E-state index contributed by atoms with van der Waals surface area (Å²) in [6.45, 7) is 6.43. The van der Waals surface area contributed by atoms with Crippen LogP contribution in [0.3, 0.4) is 0 Å². The van der Waals surface area contributed by atoms with E-state index in [2.05, 4.69) is 10.1 Å². The zero-order chi connectivity index (χ0) is 19.9. The quantitative estimate of drug-likeness (QED) is 0.526. The number of nitrogens with zero attached hydrogens (tertiary/aromatic N) is 3. The number of fused-ring (bicyclic) bond motifs is 1. The van der Waals surface area contributed by atoms with Crippen molar-refractivity contribution in [1.82, 2.24) is 14.8 Å². The molecule has 0 aliphatic rings. The van der Waals surface area contributed by atoms with E-state index >= 15 is 0 Å². The van der Waals surface area contributed by atoms with Gasteiger partial charge >= 0.3 is 0 Å². The number of oxazole rings is 1. The highest BCUT2D eigenvalue weighted by atomic mass is 19.1. The molecule has 0 fully saturated rings. The molecule has 0 aliphatic carbocycles. The van der Waals surface area contributed by atoms with E-state index in [1.807, 2.05) is 39.0 Å². The predicted octanol–water partition coefficient (Wildman–Crippen LogP) is 4.54. The first kappa shape index (κ1) is 18.1. The van der Waals surface area contributed by atoms with Crippen molar-refractivity contribution in [1.29, 1.82) is 0 Å². The van der Waals surface area contributed by atoms with Gasteiger partial charge in [-0.2, -0.15) is 5.10 Å². The van der Waals surface area contributed by atoms with Crippen LogP contribution in [0.2, 0.25) is 0 Å². The highest BCUT2D eigenvalue weighted by Crippen LogP contribution is 2.26. The molecule has 0 amide bonds. The van der Waals surface area contributed by atoms with E-state index in [0.717, 1.165) is 5.56 Å². The number of hydrogen-bond acceptors (Lipinski definition) is 4. The minimum Gasteiger partial charge on any atom is -0.439 e. The molecule has 0 spiro atoms. The Morgan fingerprint density at radius 1 is 1.07 bits per heavy atom. The van der Waals surface area contributed by atoms with Crippen molar-refractivity contribution in [2.75, 3.05) is 0 Å². The molecular weight excluding hydrogens is 357 g/mol. The summed E-state index contributed by atoms with van der Waals surface area (Å²) in [7, 11) is 0. The molecule has 5 nitrogen and oxygen atoms in total. The maximum Gasteiger partial charge on any atom is 0.251 e. The van der Waals surface area contributed by atoms with Crippen LogP contribution in [-0.4, -0.2) is 14.8 Å². The first-order valence-corrected chi connectivity index (χ1v) is 9.04. The summed E-state index contributed by atoms with van der Waals surface area (Å²) >= 11 is 0. The van der Waals surface area contributed by atoms with Crippen molar-refractivity contribution >= 4 is 10.9 Å². The third-order valence-corrected chi connectivity index (χ3v) is 4.56. The van der Waals surface area contributed by atoms with Crippen LogP contribution in [0.4, 0.5) is 4.39 Å². The number of hydrogen-bond donors (Lipinski definition) is 0. The van der Waals surface area contributed by atoms with Crippen LogP contribution in [0.1, 0.15) is 32.1 Å². The first-order valence-electron chi connectivity index (χ1n) is 9.04. The lowest BCUT2D eigenvalue weighted by Crippen LogP contribution is -2.17. The number of benzene rings is 2. The van der Waals surface area contributed by atoms with Crippen molar-refractivity contribution in [3.05, 3.63) is 82.1 Å². The summed E-state index contributed by atoms with van der Waals surface area (Å²) < 4.78 is 20.8. The Hall–Kier alpha value is -3.28. The maximum atomic E-state index is 13.2. The third-order valence-electron chi connectivity index (χ3n) is 4.56. The lowest BCUT2D eigenvalue weighted by Gasteiger charge is -2.13. The van der Waals surface area contributed by atoms with Gasteiger partial charge in [0, 0.05) is 10.8 Å². The fourth-order valence-corrected chi connectivity index (χ4v) is 2.99. The average Bonchev–Trinajstić information content (AvgIpc) is 3.16. The largest absolute Gasteiger partial charge is 0.439 e. The van der Waals surface area contributed by atoms with Gasteiger partial charge in [0.15, 0.2) is 5.69 Å². The average molecular weight is 377 g/mol. The molecule has 0 aliphatic heterocycles. The summed E-state index contributed by atoms with van der Waals surface area (Å²) in [5, 5.41) is 5.07. The Balaban J connectivity index is 1.88. The van der Waals surface area contributed by atoms with E-state index in [-0.39, 0.29) is 28.2 Å². The van der Waals surface area contributed by atoms with Gasteiger partial charge in [0.05, 0.1) is 18.3 Å². The fourth-order valence-electron chi connectivity index (χ4n) is 2.99. The normalized spacial score (nSPS) is 11.9. The van der Waals surface area contributed by atoms with Crippen molar-refractivity contribution in [3.8, 4) is 11.6 Å². The Morgan fingerprint density at radius 2 is 1.79 bits per heavy atom. The van der Waals surface area contributed by atoms with Crippen LogP contribution in [0.25, 0.3) is 22.5 Å². The molecule has 0 saturated heterocycles. The molecule has 0 radical (unpaired) electrons. The highest BCUT2D eigenvalue weighted by molar-refractivity contribution is 5.81. The molecule has 0 saturated carbocycles. The van der Waals surface area contributed by atoms with Gasteiger partial charge in [-0.15, -0.1) is 0 Å². The van der Waals surface area contributed by atoms with E-state index < -0.39 is 0 Å². The Morgan fingerprint density at radius 3 is 2.46 bits per heavy atom. The van der Waals surface area contributed by atoms with E-state index in [4.69, 9.17) is 4.42 Å². The maximum absolute atomic E-state index is 13.2. The molecule has 28 heavy (non-hydrogen) atoms. The molecule has 0 unspecified atom stereocenters. The van der Waals surface area contributed by atoms with Gasteiger partial charge in [0.1, 0.15) is 11.6 Å². The minimum atomic E-state index is -0.295. The van der Waals surface area contributed by atoms with Gasteiger partial charge in [0.25, 0.3) is 5.89 Å². The Bertz CT molecular complexity index is 1200. The number of halogens is 1. The summed E-state index contributed by atoms with van der Waals surface area (Å²) in [4.78, 5) is 17.3. The predicted molar refractivity (Wildman–Crippen MR) is 106 cm³/mol. The zero-order valence-electron chi connectivity index (χ0n) is 15.9. The Labute approximate surface area is 161 Å². The second-order valence-electron chi connectivity index (χ2n) is 7.76. The Kier molecular flexibility index (Phi) is 4.34. The van der Waals surface area contributed by atoms with Crippen LogP contribution in [0, 0.1) is 5.82 Å². The molecule has 4 rings (SSSR count). The molecule has 2 heterocycles. The lowest BCUT2D eigenvalue weighted by atomic mass is 9.94. The molecule has 6 heteroatoms. The standard InChI is InChI=1S/C22H20FN3O2/c1-22(2,3)18-12-24-21(28-18)19-20(27)16-6-4-5-7-17(16)26(25-19)13-14-8-10-15(23)11-9-14/h4-12H,13H2,1-3H3. The molecule has 4 aromatic rings. The minimum absolute atomic E-state index is 0.163. The molecule has 142 valence electrons. The number of rotatable bonds is 3.